The molecular weight excluding hydrogens is 549 g/mol. The van der Waals surface area contributed by atoms with Crippen LogP contribution in [-0.4, -0.2) is 42.5 Å². The molecule has 1 heterocycles. The Morgan fingerprint density at radius 3 is 2.65 bits per heavy atom. The van der Waals surface area contributed by atoms with E-state index in [0.717, 1.165) is 26.9 Å². The van der Waals surface area contributed by atoms with Crippen molar-refractivity contribution in [3.05, 3.63) is 56.8 Å². The van der Waals surface area contributed by atoms with Crippen LogP contribution in [0.5, 0.6) is 11.5 Å². The molecule has 1 fully saturated rings. The molecule has 2 aromatic carbocycles. The Kier molecular flexibility index (Phi) is 8.54. The number of benzene rings is 2. The molecule has 180 valence electrons. The first-order valence-electron chi connectivity index (χ1n) is 11.0. The monoisotopic (exact) mass is 577 g/mol. The van der Waals surface area contributed by atoms with Gasteiger partial charge < -0.3 is 20.1 Å². The van der Waals surface area contributed by atoms with Crippen LogP contribution in [0.4, 0.5) is 10.5 Å². The first-order valence-corrected chi connectivity index (χ1v) is 12.1. The number of carbonyl (C=O) groups excluding carboxylic acids is 3. The zero-order valence-corrected chi connectivity index (χ0v) is 21.8. The zero-order valence-electron chi connectivity index (χ0n) is 19.6. The molecule has 1 saturated heterocycles. The van der Waals surface area contributed by atoms with Crippen molar-refractivity contribution in [2.45, 2.75) is 39.7 Å². The van der Waals surface area contributed by atoms with E-state index in [1.807, 2.05) is 45.0 Å². The Hall–Kier alpha value is -3.08. The topological polar surface area (TPSA) is 97.0 Å². The molecule has 34 heavy (non-hydrogen) atoms. The number of carbonyl (C=O) groups is 3. The van der Waals surface area contributed by atoms with Gasteiger partial charge in [-0.2, -0.15) is 0 Å². The summed E-state index contributed by atoms with van der Waals surface area (Å²) in [5, 5.41) is 5.33. The number of nitrogens with one attached hydrogen (secondary N) is 2. The van der Waals surface area contributed by atoms with Crippen LogP contribution in [-0.2, 0) is 16.0 Å². The molecule has 1 aliphatic heterocycles. The number of imide groups is 1. The van der Waals surface area contributed by atoms with E-state index in [1.54, 1.807) is 25.3 Å². The predicted molar refractivity (Wildman–Crippen MR) is 139 cm³/mol. The zero-order chi connectivity index (χ0) is 24.8. The van der Waals surface area contributed by atoms with E-state index in [4.69, 9.17) is 9.47 Å². The second-order valence-electron chi connectivity index (χ2n) is 7.81. The van der Waals surface area contributed by atoms with Gasteiger partial charge in [-0.05, 0) is 77.8 Å². The largest absolute Gasteiger partial charge is 0.493 e. The number of ether oxygens (including phenoxy) is 2. The number of methoxy groups -OCH3 is 1. The van der Waals surface area contributed by atoms with E-state index in [0.29, 0.717) is 22.7 Å². The van der Waals surface area contributed by atoms with E-state index < -0.39 is 17.8 Å². The second-order valence-corrected chi connectivity index (χ2v) is 8.97. The first-order chi connectivity index (χ1) is 16.3. The number of aryl methyl sites for hydroxylation is 1. The van der Waals surface area contributed by atoms with Gasteiger partial charge in [-0.1, -0.05) is 32.0 Å². The van der Waals surface area contributed by atoms with Gasteiger partial charge in [-0.25, -0.2) is 9.69 Å². The van der Waals surface area contributed by atoms with Gasteiger partial charge in [0.15, 0.2) is 11.5 Å². The van der Waals surface area contributed by atoms with Gasteiger partial charge in [0, 0.05) is 5.69 Å². The maximum Gasteiger partial charge on any atom is 0.329 e. The predicted octanol–water partition coefficient (Wildman–Crippen LogP) is 4.57. The van der Waals surface area contributed by atoms with Gasteiger partial charge in [-0.3, -0.25) is 9.59 Å². The summed E-state index contributed by atoms with van der Waals surface area (Å²) in [5.74, 6) is 0.139. The highest BCUT2D eigenvalue weighted by molar-refractivity contribution is 14.1. The number of urea groups is 1. The summed E-state index contributed by atoms with van der Waals surface area (Å²) in [5.41, 5.74) is 2.38. The van der Waals surface area contributed by atoms with Crippen molar-refractivity contribution >= 4 is 52.2 Å². The highest BCUT2D eigenvalue weighted by atomic mass is 127. The van der Waals surface area contributed by atoms with Crippen LogP contribution in [0.1, 0.15) is 38.3 Å². The quantitative estimate of drug-likeness (QED) is 0.259. The van der Waals surface area contributed by atoms with Gasteiger partial charge in [0.05, 0.1) is 16.8 Å². The van der Waals surface area contributed by atoms with Crippen LogP contribution in [0.25, 0.3) is 6.08 Å². The minimum absolute atomic E-state index is 0.0197. The van der Waals surface area contributed by atoms with Crippen molar-refractivity contribution in [3.8, 4) is 11.5 Å². The molecule has 4 amide bonds. The van der Waals surface area contributed by atoms with E-state index in [-0.39, 0.29) is 18.3 Å². The first kappa shape index (κ1) is 25.5. The maximum absolute atomic E-state index is 12.9. The van der Waals surface area contributed by atoms with Crippen LogP contribution in [0.2, 0.25) is 0 Å². The van der Waals surface area contributed by atoms with Crippen molar-refractivity contribution in [2.24, 2.45) is 0 Å². The Labute approximate surface area is 212 Å². The van der Waals surface area contributed by atoms with E-state index >= 15 is 0 Å². The highest BCUT2D eigenvalue weighted by Crippen LogP contribution is 2.35. The lowest BCUT2D eigenvalue weighted by Gasteiger charge is -2.17. The van der Waals surface area contributed by atoms with Crippen molar-refractivity contribution in [1.82, 2.24) is 10.2 Å². The molecule has 0 spiro atoms. The molecular formula is C25H28IN3O5. The summed E-state index contributed by atoms with van der Waals surface area (Å²) in [7, 11) is 1.55. The molecule has 0 aliphatic carbocycles. The molecule has 2 aromatic rings. The Balaban J connectivity index is 1.76. The molecule has 1 atom stereocenters. The van der Waals surface area contributed by atoms with Crippen LogP contribution in [0.3, 0.4) is 0 Å². The molecule has 1 aliphatic rings. The standard InChI is InChI=1S/C25H28IN3O5/c1-5-15(3)34-23-18(26)11-16(13-21(23)33-4)12-20-24(31)29(25(32)28-20)14-22(30)27-19-10-8-7-9-17(19)6-2/h7-13,15H,5-6,14H2,1-4H3,(H,27,30)(H,28,32)/b20-12+/t15-/m0/s1. The normalized spacial score (nSPS) is 15.3. The lowest BCUT2D eigenvalue weighted by atomic mass is 10.1. The minimum Gasteiger partial charge on any atom is -0.493 e. The molecule has 0 unspecified atom stereocenters. The number of hydrogen-bond acceptors (Lipinski definition) is 5. The van der Waals surface area contributed by atoms with Gasteiger partial charge in [0.25, 0.3) is 5.91 Å². The third-order valence-electron chi connectivity index (χ3n) is 5.39. The van der Waals surface area contributed by atoms with Crippen LogP contribution in [0.15, 0.2) is 42.1 Å². The van der Waals surface area contributed by atoms with Crippen molar-refractivity contribution in [2.75, 3.05) is 19.0 Å². The summed E-state index contributed by atoms with van der Waals surface area (Å²) >= 11 is 2.15. The average molecular weight is 577 g/mol. The fourth-order valence-electron chi connectivity index (χ4n) is 3.39. The number of anilines is 1. The Morgan fingerprint density at radius 1 is 1.24 bits per heavy atom. The van der Waals surface area contributed by atoms with Gasteiger partial charge in [0.2, 0.25) is 5.91 Å². The minimum atomic E-state index is -0.645. The van der Waals surface area contributed by atoms with E-state index in [1.165, 1.54) is 0 Å². The van der Waals surface area contributed by atoms with Gasteiger partial charge >= 0.3 is 6.03 Å². The van der Waals surface area contributed by atoms with Gasteiger partial charge in [-0.15, -0.1) is 0 Å². The third-order valence-corrected chi connectivity index (χ3v) is 6.19. The highest BCUT2D eigenvalue weighted by Gasteiger charge is 2.35. The summed E-state index contributed by atoms with van der Waals surface area (Å²) in [6.45, 7) is 5.61. The number of halogens is 1. The van der Waals surface area contributed by atoms with Crippen LogP contribution < -0.4 is 20.1 Å². The number of amides is 4. The molecule has 3 rings (SSSR count). The molecule has 0 bridgehead atoms. The molecule has 0 aromatic heterocycles. The number of rotatable bonds is 9. The summed E-state index contributed by atoms with van der Waals surface area (Å²) < 4.78 is 12.3. The third kappa shape index (κ3) is 5.88. The summed E-state index contributed by atoms with van der Waals surface area (Å²) in [6.07, 6.45) is 3.17. The van der Waals surface area contributed by atoms with E-state index in [9.17, 15) is 14.4 Å². The number of hydrogen-bond donors (Lipinski definition) is 2. The van der Waals surface area contributed by atoms with Crippen molar-refractivity contribution < 1.29 is 23.9 Å². The number of para-hydroxylation sites is 1. The Morgan fingerprint density at radius 2 is 1.97 bits per heavy atom. The van der Waals surface area contributed by atoms with Crippen LogP contribution >= 0.6 is 22.6 Å². The Bertz CT molecular complexity index is 1130. The fourth-order valence-corrected chi connectivity index (χ4v) is 4.14. The summed E-state index contributed by atoms with van der Waals surface area (Å²) in [4.78, 5) is 38.7. The van der Waals surface area contributed by atoms with Gasteiger partial charge in [0.1, 0.15) is 12.2 Å². The molecule has 8 nitrogen and oxygen atoms in total. The molecule has 9 heteroatoms. The lowest BCUT2D eigenvalue weighted by Crippen LogP contribution is -2.38. The van der Waals surface area contributed by atoms with Crippen molar-refractivity contribution in [3.63, 3.8) is 0 Å². The fraction of sp³-hybridized carbons (Fsp3) is 0.320. The molecule has 0 saturated carbocycles. The average Bonchev–Trinajstić information content (AvgIpc) is 3.07. The molecule has 2 N–H and O–H groups in total. The number of nitrogens with zero attached hydrogens (tertiary/aromatic N) is 1. The van der Waals surface area contributed by atoms with Crippen LogP contribution in [0, 0.1) is 3.57 Å². The van der Waals surface area contributed by atoms with Crippen molar-refractivity contribution in [1.29, 1.82) is 0 Å². The second kappa shape index (κ2) is 11.4. The molecule has 0 radical (unpaired) electrons. The van der Waals surface area contributed by atoms with E-state index in [2.05, 4.69) is 33.2 Å². The summed E-state index contributed by atoms with van der Waals surface area (Å²) in [6, 6.07) is 10.3. The SMILES string of the molecule is CCc1ccccc1NC(=O)CN1C(=O)N/C(=C/c2cc(I)c(O[C@@H](C)CC)c(OC)c2)C1=O. The smallest absolute Gasteiger partial charge is 0.329 e. The maximum atomic E-state index is 12.9. The lowest BCUT2D eigenvalue weighted by molar-refractivity contribution is -0.127.